The largest absolute Gasteiger partial charge is 0.481 e. The van der Waals surface area contributed by atoms with Crippen molar-refractivity contribution in [3.63, 3.8) is 0 Å². The van der Waals surface area contributed by atoms with E-state index in [4.69, 9.17) is 5.11 Å². The first-order chi connectivity index (χ1) is 17.2. The predicted octanol–water partition coefficient (Wildman–Crippen LogP) is 5.18. The molecule has 0 atom stereocenters. The normalized spacial score (nSPS) is 11.9. The molecule has 0 radical (unpaired) electrons. The third-order valence-corrected chi connectivity index (χ3v) is 5.60. The standard InChI is InChI=1S/C24H18F4N6O2/c1-2-30-17-8-14(25)7-15-20-22(34-4-3-18(33-34)24(26,27)28)16(11-31-23(20)32-21(15)17)13-5-12(6-19(35)36)9-29-10-13/h3-5,7-11,30H,2,6H2,1H3,(H,31,32)(H,35,36). The Morgan fingerprint density at radius 2 is 2.00 bits per heavy atom. The molecule has 3 N–H and O–H groups in total. The van der Waals surface area contributed by atoms with Crippen LogP contribution >= 0.6 is 0 Å². The number of hydrogen-bond acceptors (Lipinski definition) is 5. The molecule has 0 fully saturated rings. The minimum absolute atomic E-state index is 0.212. The fourth-order valence-corrected chi connectivity index (χ4v) is 4.19. The summed E-state index contributed by atoms with van der Waals surface area (Å²) >= 11 is 0. The van der Waals surface area contributed by atoms with E-state index in [1.165, 1.54) is 36.9 Å². The third-order valence-electron chi connectivity index (χ3n) is 5.60. The maximum absolute atomic E-state index is 14.6. The molecule has 4 aromatic heterocycles. The van der Waals surface area contributed by atoms with Crippen LogP contribution in [-0.4, -0.2) is 42.4 Å². The number of pyridine rings is 2. The van der Waals surface area contributed by atoms with Gasteiger partial charge >= 0.3 is 12.1 Å². The molecule has 5 aromatic rings. The van der Waals surface area contributed by atoms with E-state index < -0.39 is 23.7 Å². The number of nitrogens with one attached hydrogen (secondary N) is 2. The molecule has 0 saturated heterocycles. The summed E-state index contributed by atoms with van der Waals surface area (Å²) in [7, 11) is 0. The number of carbonyl (C=O) groups is 1. The van der Waals surface area contributed by atoms with Crippen LogP contribution in [0.2, 0.25) is 0 Å². The Balaban J connectivity index is 1.86. The van der Waals surface area contributed by atoms with Crippen molar-refractivity contribution in [2.24, 2.45) is 0 Å². The van der Waals surface area contributed by atoms with Gasteiger partial charge in [0.15, 0.2) is 5.69 Å². The van der Waals surface area contributed by atoms with Crippen LogP contribution in [0.3, 0.4) is 0 Å². The van der Waals surface area contributed by atoms with Gasteiger partial charge in [0.2, 0.25) is 0 Å². The summed E-state index contributed by atoms with van der Waals surface area (Å²) in [6.07, 6.45) is 0.473. The fourth-order valence-electron chi connectivity index (χ4n) is 4.19. The average Bonchev–Trinajstić information content (AvgIpc) is 3.44. The Hall–Kier alpha value is -4.48. The maximum Gasteiger partial charge on any atom is 0.435 e. The second-order valence-corrected chi connectivity index (χ2v) is 8.07. The SMILES string of the molecule is CCNc1cc(F)cc2c1[nH]c1ncc(-c3cncc(CC(=O)O)c3)c(-n3ccc(C(F)(F)F)n3)c12. The lowest BCUT2D eigenvalue weighted by Crippen LogP contribution is -2.08. The number of benzene rings is 1. The molecule has 0 bridgehead atoms. The van der Waals surface area contributed by atoms with Gasteiger partial charge in [-0.1, -0.05) is 0 Å². The summed E-state index contributed by atoms with van der Waals surface area (Å²) in [4.78, 5) is 22.9. The number of carboxylic acid groups (broad SMARTS) is 1. The summed E-state index contributed by atoms with van der Waals surface area (Å²) in [5.41, 5.74) is 1.57. The van der Waals surface area contributed by atoms with Gasteiger partial charge in [-0.15, -0.1) is 0 Å². The monoisotopic (exact) mass is 498 g/mol. The van der Waals surface area contributed by atoms with Crippen molar-refractivity contribution in [2.75, 3.05) is 11.9 Å². The fraction of sp³-hybridized carbons (Fsp3) is 0.167. The lowest BCUT2D eigenvalue weighted by Gasteiger charge is -2.13. The quantitative estimate of drug-likeness (QED) is 0.279. The summed E-state index contributed by atoms with van der Waals surface area (Å²) in [6, 6.07) is 5.00. The Morgan fingerprint density at radius 1 is 1.19 bits per heavy atom. The Labute approximate surface area is 200 Å². The summed E-state index contributed by atoms with van der Waals surface area (Å²) in [5.74, 6) is -1.61. The molecule has 0 amide bonds. The molecule has 0 aliphatic carbocycles. The molecule has 5 rings (SSSR count). The van der Waals surface area contributed by atoms with Gasteiger partial charge in [0.05, 0.1) is 28.7 Å². The van der Waals surface area contributed by atoms with Gasteiger partial charge in [-0.3, -0.25) is 9.78 Å². The minimum Gasteiger partial charge on any atom is -0.481 e. The number of aromatic amines is 1. The van der Waals surface area contributed by atoms with E-state index >= 15 is 0 Å². The molecule has 1 aromatic carbocycles. The zero-order valence-electron chi connectivity index (χ0n) is 18.7. The van der Waals surface area contributed by atoms with E-state index in [1.807, 2.05) is 6.92 Å². The number of H-pyrrole nitrogens is 1. The number of aromatic nitrogens is 5. The number of fused-ring (bicyclic) bond motifs is 3. The van der Waals surface area contributed by atoms with Crippen molar-refractivity contribution in [2.45, 2.75) is 19.5 Å². The van der Waals surface area contributed by atoms with E-state index in [0.717, 1.165) is 10.7 Å². The maximum atomic E-state index is 14.6. The van der Waals surface area contributed by atoms with Crippen LogP contribution in [0.25, 0.3) is 38.8 Å². The van der Waals surface area contributed by atoms with Crippen LogP contribution in [0.4, 0.5) is 23.2 Å². The van der Waals surface area contributed by atoms with Crippen molar-refractivity contribution in [3.05, 3.63) is 66.1 Å². The first-order valence-electron chi connectivity index (χ1n) is 10.8. The second-order valence-electron chi connectivity index (χ2n) is 8.07. The molecule has 0 aliphatic heterocycles. The van der Waals surface area contributed by atoms with Crippen molar-refractivity contribution in [1.82, 2.24) is 24.7 Å². The highest BCUT2D eigenvalue weighted by Gasteiger charge is 2.34. The van der Waals surface area contributed by atoms with Crippen LogP contribution < -0.4 is 5.32 Å². The smallest absolute Gasteiger partial charge is 0.435 e. The Morgan fingerprint density at radius 3 is 2.69 bits per heavy atom. The molecular weight excluding hydrogens is 480 g/mol. The Bertz CT molecular complexity index is 1620. The number of anilines is 1. The van der Waals surface area contributed by atoms with E-state index in [0.29, 0.717) is 50.9 Å². The number of hydrogen-bond donors (Lipinski definition) is 3. The molecule has 0 unspecified atom stereocenters. The molecule has 184 valence electrons. The molecule has 12 heteroatoms. The molecular formula is C24H18F4N6O2. The number of nitrogens with zero attached hydrogens (tertiary/aromatic N) is 4. The van der Waals surface area contributed by atoms with E-state index in [9.17, 15) is 22.4 Å². The van der Waals surface area contributed by atoms with Crippen molar-refractivity contribution in [1.29, 1.82) is 0 Å². The van der Waals surface area contributed by atoms with Crippen LogP contribution in [0.5, 0.6) is 0 Å². The lowest BCUT2D eigenvalue weighted by atomic mass is 10.0. The number of rotatable bonds is 6. The first-order valence-corrected chi connectivity index (χ1v) is 10.8. The van der Waals surface area contributed by atoms with Crippen LogP contribution in [-0.2, 0) is 17.4 Å². The molecule has 8 nitrogen and oxygen atoms in total. The van der Waals surface area contributed by atoms with Crippen LogP contribution in [0.1, 0.15) is 18.2 Å². The van der Waals surface area contributed by atoms with Gasteiger partial charge in [-0.2, -0.15) is 18.3 Å². The number of aliphatic carboxylic acids is 1. The zero-order valence-corrected chi connectivity index (χ0v) is 18.7. The summed E-state index contributed by atoms with van der Waals surface area (Å²) in [5, 5.41) is 16.7. The highest BCUT2D eigenvalue weighted by atomic mass is 19.4. The average molecular weight is 498 g/mol. The topological polar surface area (TPSA) is 109 Å². The van der Waals surface area contributed by atoms with Crippen molar-refractivity contribution < 1.29 is 27.5 Å². The molecule has 0 aliphatic rings. The van der Waals surface area contributed by atoms with Crippen LogP contribution in [0, 0.1) is 5.82 Å². The lowest BCUT2D eigenvalue weighted by molar-refractivity contribution is -0.141. The van der Waals surface area contributed by atoms with E-state index in [-0.39, 0.29) is 12.1 Å². The number of halogens is 4. The second kappa shape index (κ2) is 8.63. The van der Waals surface area contributed by atoms with Gasteiger partial charge in [0.1, 0.15) is 11.5 Å². The van der Waals surface area contributed by atoms with Gasteiger partial charge in [0, 0.05) is 47.8 Å². The molecule has 0 spiro atoms. The first kappa shape index (κ1) is 23.3. The van der Waals surface area contributed by atoms with Crippen molar-refractivity contribution in [3.8, 4) is 16.8 Å². The van der Waals surface area contributed by atoms with E-state index in [1.54, 1.807) is 6.07 Å². The summed E-state index contributed by atoms with van der Waals surface area (Å²) in [6.45, 7) is 2.36. The molecule has 4 heterocycles. The Kier molecular flexibility index (Phi) is 5.58. The number of alkyl halides is 3. The van der Waals surface area contributed by atoms with Gasteiger partial charge < -0.3 is 15.4 Å². The third kappa shape index (κ3) is 4.10. The highest BCUT2D eigenvalue weighted by Crippen LogP contribution is 2.39. The summed E-state index contributed by atoms with van der Waals surface area (Å²) < 4.78 is 55.9. The van der Waals surface area contributed by atoms with Gasteiger partial charge in [-0.25, -0.2) is 14.1 Å². The zero-order chi connectivity index (χ0) is 25.6. The minimum atomic E-state index is -4.68. The number of carboxylic acids is 1. The van der Waals surface area contributed by atoms with Crippen LogP contribution in [0.15, 0.2) is 49.1 Å². The van der Waals surface area contributed by atoms with E-state index in [2.05, 4.69) is 25.4 Å². The van der Waals surface area contributed by atoms with Gasteiger partial charge in [0.25, 0.3) is 0 Å². The predicted molar refractivity (Wildman–Crippen MR) is 124 cm³/mol. The molecule has 0 saturated carbocycles. The highest BCUT2D eigenvalue weighted by molar-refractivity contribution is 6.15. The van der Waals surface area contributed by atoms with Crippen molar-refractivity contribution >= 4 is 33.6 Å². The van der Waals surface area contributed by atoms with Gasteiger partial charge in [-0.05, 0) is 36.8 Å². The molecule has 36 heavy (non-hydrogen) atoms.